The number of piperidine rings is 1. The van der Waals surface area contributed by atoms with Crippen molar-refractivity contribution in [1.29, 1.82) is 0 Å². The van der Waals surface area contributed by atoms with Crippen molar-refractivity contribution in [3.05, 3.63) is 18.5 Å². The highest BCUT2D eigenvalue weighted by Crippen LogP contribution is 2.31. The maximum atomic E-state index is 12.3. The van der Waals surface area contributed by atoms with E-state index >= 15 is 0 Å². The number of hydrogen-bond donors (Lipinski definition) is 1. The fraction of sp³-hybridized carbons (Fsp3) is 0.750. The fourth-order valence-electron chi connectivity index (χ4n) is 4.13. The second-order valence-electron chi connectivity index (χ2n) is 8.43. The maximum absolute atomic E-state index is 12.3. The molecule has 4 rings (SSSR count). The lowest BCUT2D eigenvalue weighted by Crippen LogP contribution is -2.52. The van der Waals surface area contributed by atoms with Crippen LogP contribution in [0.3, 0.4) is 0 Å². The van der Waals surface area contributed by atoms with Gasteiger partial charge in [0, 0.05) is 38.6 Å². The first-order valence-electron chi connectivity index (χ1n) is 10.5. The summed E-state index contributed by atoms with van der Waals surface area (Å²) >= 11 is 0. The van der Waals surface area contributed by atoms with Gasteiger partial charge < -0.3 is 19.9 Å². The molecule has 2 amide bonds. The van der Waals surface area contributed by atoms with Crippen molar-refractivity contribution in [3.63, 3.8) is 0 Å². The molecule has 1 aromatic rings. The minimum absolute atomic E-state index is 0.0690. The van der Waals surface area contributed by atoms with Crippen LogP contribution in [-0.2, 0) is 20.9 Å². The van der Waals surface area contributed by atoms with E-state index in [-0.39, 0.29) is 31.1 Å². The first kappa shape index (κ1) is 19.4. The lowest BCUT2D eigenvalue weighted by atomic mass is 9.95. The zero-order valence-corrected chi connectivity index (χ0v) is 16.5. The van der Waals surface area contributed by atoms with Crippen LogP contribution in [0.25, 0.3) is 0 Å². The van der Waals surface area contributed by atoms with Gasteiger partial charge in [-0.3, -0.25) is 14.3 Å². The van der Waals surface area contributed by atoms with E-state index in [4.69, 9.17) is 4.74 Å². The van der Waals surface area contributed by atoms with Crippen LogP contribution in [0.1, 0.15) is 25.7 Å². The van der Waals surface area contributed by atoms with Crippen LogP contribution in [0.5, 0.6) is 0 Å². The number of hydrogen-bond acceptors (Lipinski definition) is 5. The van der Waals surface area contributed by atoms with Crippen molar-refractivity contribution in [1.82, 2.24) is 24.9 Å². The highest BCUT2D eigenvalue weighted by atomic mass is 16.5. The van der Waals surface area contributed by atoms with Gasteiger partial charge in [-0.2, -0.15) is 5.10 Å². The molecule has 0 bridgehead atoms. The molecule has 154 valence electrons. The van der Waals surface area contributed by atoms with Crippen LogP contribution in [0.15, 0.2) is 18.5 Å². The lowest BCUT2D eigenvalue weighted by molar-refractivity contribution is -0.150. The molecule has 8 nitrogen and oxygen atoms in total. The first-order chi connectivity index (χ1) is 13.7. The number of amides is 2. The molecule has 1 saturated carbocycles. The number of ether oxygens (including phenoxy) is 1. The number of nitrogens with zero attached hydrogens (tertiary/aromatic N) is 4. The Morgan fingerprint density at radius 2 is 1.96 bits per heavy atom. The largest absolute Gasteiger partial charge is 0.365 e. The van der Waals surface area contributed by atoms with Crippen LogP contribution in [0.2, 0.25) is 0 Å². The quantitative estimate of drug-likeness (QED) is 0.694. The number of morpholine rings is 1. The average Bonchev–Trinajstić information content (AvgIpc) is 3.36. The van der Waals surface area contributed by atoms with Crippen molar-refractivity contribution in [2.45, 2.75) is 38.3 Å². The zero-order chi connectivity index (χ0) is 19.3. The molecule has 3 fully saturated rings. The van der Waals surface area contributed by atoms with E-state index in [1.165, 1.54) is 32.2 Å². The average molecular weight is 390 g/mol. The molecule has 0 spiro atoms. The highest BCUT2D eigenvalue weighted by Gasteiger charge is 2.31. The van der Waals surface area contributed by atoms with Gasteiger partial charge in [0.05, 0.1) is 6.10 Å². The summed E-state index contributed by atoms with van der Waals surface area (Å²) in [5.74, 6) is 1.49. The number of rotatable bonds is 8. The third-order valence-electron chi connectivity index (χ3n) is 6.01. The second-order valence-corrected chi connectivity index (χ2v) is 8.43. The normalized spacial score (nSPS) is 24.5. The van der Waals surface area contributed by atoms with Crippen molar-refractivity contribution >= 4 is 11.8 Å². The summed E-state index contributed by atoms with van der Waals surface area (Å²) in [6, 6.07) is 1.79. The molecule has 2 saturated heterocycles. The smallest absolute Gasteiger partial charge is 0.248 e. The molecular formula is C20H31N5O3. The summed E-state index contributed by atoms with van der Waals surface area (Å²) in [5, 5.41) is 6.92. The predicted molar refractivity (Wildman–Crippen MR) is 103 cm³/mol. The summed E-state index contributed by atoms with van der Waals surface area (Å²) in [5.41, 5.74) is 0. The standard InChI is InChI=1S/C20H31N5O3/c26-19(14-25-7-1-6-22-25)21-10-18-13-24(20(27)15-28-18)12-17-4-8-23(9-5-17)11-16-2-3-16/h1,6-7,16-18H,2-5,8-15H2,(H,21,26)/t18-/m0/s1. The van der Waals surface area contributed by atoms with Gasteiger partial charge in [-0.25, -0.2) is 0 Å². The predicted octanol–water partition coefficient (Wildman–Crippen LogP) is 0.349. The molecule has 1 N–H and O–H groups in total. The Bertz CT molecular complexity index is 653. The van der Waals surface area contributed by atoms with E-state index < -0.39 is 0 Å². The molecule has 1 aromatic heterocycles. The zero-order valence-electron chi connectivity index (χ0n) is 16.5. The first-order valence-corrected chi connectivity index (χ1v) is 10.5. The van der Waals surface area contributed by atoms with Crippen molar-refractivity contribution < 1.29 is 14.3 Å². The molecule has 1 aliphatic carbocycles. The van der Waals surface area contributed by atoms with Gasteiger partial charge >= 0.3 is 0 Å². The lowest BCUT2D eigenvalue weighted by Gasteiger charge is -2.38. The molecule has 0 unspecified atom stereocenters. The van der Waals surface area contributed by atoms with Crippen molar-refractivity contribution in [2.75, 3.05) is 45.9 Å². The SMILES string of the molecule is O=C(Cn1cccn1)NC[C@H]1CN(CC2CCN(CC3CC3)CC2)C(=O)CO1. The molecule has 0 aromatic carbocycles. The Kier molecular flexibility index (Phi) is 6.26. The number of nitrogens with one attached hydrogen (secondary N) is 1. The topological polar surface area (TPSA) is 79.7 Å². The van der Waals surface area contributed by atoms with Crippen LogP contribution in [0.4, 0.5) is 0 Å². The van der Waals surface area contributed by atoms with Crippen LogP contribution < -0.4 is 5.32 Å². The fourth-order valence-corrected chi connectivity index (χ4v) is 4.13. The Morgan fingerprint density at radius 3 is 2.68 bits per heavy atom. The van der Waals surface area contributed by atoms with Crippen molar-refractivity contribution in [3.8, 4) is 0 Å². The number of carbonyl (C=O) groups excluding carboxylic acids is 2. The minimum atomic E-state index is -0.144. The Morgan fingerprint density at radius 1 is 1.18 bits per heavy atom. The van der Waals surface area contributed by atoms with Gasteiger partial charge in [0.1, 0.15) is 13.2 Å². The maximum Gasteiger partial charge on any atom is 0.248 e. The van der Waals surface area contributed by atoms with Gasteiger partial charge in [0.15, 0.2) is 0 Å². The Balaban J connectivity index is 1.18. The van der Waals surface area contributed by atoms with Gasteiger partial charge in [-0.1, -0.05) is 0 Å². The third kappa shape index (κ3) is 5.54. The third-order valence-corrected chi connectivity index (χ3v) is 6.01. The van der Waals surface area contributed by atoms with E-state index in [1.807, 2.05) is 4.90 Å². The monoisotopic (exact) mass is 389 g/mol. The van der Waals surface area contributed by atoms with Gasteiger partial charge in [-0.15, -0.1) is 0 Å². The van der Waals surface area contributed by atoms with Gasteiger partial charge in [0.25, 0.3) is 0 Å². The van der Waals surface area contributed by atoms with Crippen LogP contribution in [0, 0.1) is 11.8 Å². The van der Waals surface area contributed by atoms with E-state index in [9.17, 15) is 9.59 Å². The summed E-state index contributed by atoms with van der Waals surface area (Å²) in [7, 11) is 0. The number of aromatic nitrogens is 2. The molecule has 3 heterocycles. The second kappa shape index (κ2) is 9.05. The molecule has 1 atom stereocenters. The highest BCUT2D eigenvalue weighted by molar-refractivity contribution is 5.78. The summed E-state index contributed by atoms with van der Waals surface area (Å²) in [6.07, 6.45) is 8.41. The van der Waals surface area contributed by atoms with Crippen molar-refractivity contribution in [2.24, 2.45) is 11.8 Å². The van der Waals surface area contributed by atoms with E-state index in [2.05, 4.69) is 15.3 Å². The number of likely N-dealkylation sites (tertiary alicyclic amines) is 1. The number of carbonyl (C=O) groups is 2. The van der Waals surface area contributed by atoms with E-state index in [0.717, 1.165) is 25.6 Å². The molecule has 8 heteroatoms. The molecular weight excluding hydrogens is 358 g/mol. The molecule has 0 radical (unpaired) electrons. The van der Waals surface area contributed by atoms with Crippen LogP contribution >= 0.6 is 0 Å². The van der Waals surface area contributed by atoms with Gasteiger partial charge in [0.2, 0.25) is 11.8 Å². The molecule has 3 aliphatic rings. The van der Waals surface area contributed by atoms with E-state index in [1.54, 1.807) is 23.1 Å². The Labute approximate surface area is 166 Å². The summed E-state index contributed by atoms with van der Waals surface area (Å²) in [6.45, 7) is 5.69. The minimum Gasteiger partial charge on any atom is -0.365 e. The summed E-state index contributed by atoms with van der Waals surface area (Å²) < 4.78 is 7.21. The van der Waals surface area contributed by atoms with Gasteiger partial charge in [-0.05, 0) is 56.7 Å². The molecule has 2 aliphatic heterocycles. The Hall–Kier alpha value is -1.93. The van der Waals surface area contributed by atoms with E-state index in [0.29, 0.717) is 19.0 Å². The van der Waals surface area contributed by atoms with Crippen LogP contribution in [-0.4, -0.2) is 83.4 Å². The summed E-state index contributed by atoms with van der Waals surface area (Å²) in [4.78, 5) is 28.8. The molecule has 28 heavy (non-hydrogen) atoms.